The van der Waals surface area contributed by atoms with Gasteiger partial charge in [0.05, 0.1) is 12.2 Å². The SMILES string of the molecule is CCOC(=O)C(C#N)=C1CCCCC1Sc1nc2c(cc1C#N)CCCC2. The van der Waals surface area contributed by atoms with E-state index in [2.05, 4.69) is 12.1 Å². The topological polar surface area (TPSA) is 86.8 Å². The summed E-state index contributed by atoms with van der Waals surface area (Å²) in [6, 6.07) is 6.32. The number of rotatable bonds is 4. The number of thioether (sulfide) groups is 1. The van der Waals surface area contributed by atoms with E-state index < -0.39 is 5.97 Å². The smallest absolute Gasteiger partial charge is 0.348 e. The molecule has 2 aliphatic carbocycles. The lowest BCUT2D eigenvalue weighted by Gasteiger charge is -2.26. The Kier molecular flexibility index (Phi) is 6.53. The van der Waals surface area contributed by atoms with Crippen LogP contribution >= 0.6 is 11.8 Å². The first-order valence-electron chi connectivity index (χ1n) is 9.57. The second-order valence-electron chi connectivity index (χ2n) is 6.85. The molecule has 1 aromatic heterocycles. The molecule has 2 aliphatic rings. The predicted octanol–water partition coefficient (Wildman–Crippen LogP) is 4.25. The first-order chi connectivity index (χ1) is 13.2. The van der Waals surface area contributed by atoms with Gasteiger partial charge in [-0.05, 0) is 69.1 Å². The van der Waals surface area contributed by atoms with Crippen LogP contribution in [0.5, 0.6) is 0 Å². The maximum absolute atomic E-state index is 12.2. The normalized spacial score (nSPS) is 20.8. The van der Waals surface area contributed by atoms with Crippen molar-refractivity contribution in [3.8, 4) is 12.1 Å². The van der Waals surface area contributed by atoms with Gasteiger partial charge in [0.15, 0.2) is 0 Å². The summed E-state index contributed by atoms with van der Waals surface area (Å²) in [7, 11) is 0. The van der Waals surface area contributed by atoms with Crippen molar-refractivity contribution in [2.24, 2.45) is 0 Å². The van der Waals surface area contributed by atoms with Crippen LogP contribution < -0.4 is 0 Å². The van der Waals surface area contributed by atoms with E-state index in [9.17, 15) is 15.3 Å². The highest BCUT2D eigenvalue weighted by Crippen LogP contribution is 2.40. The molecule has 0 N–H and O–H groups in total. The number of fused-ring (bicyclic) bond motifs is 1. The molecule has 140 valence electrons. The van der Waals surface area contributed by atoms with Gasteiger partial charge < -0.3 is 4.74 Å². The third kappa shape index (κ3) is 4.34. The summed E-state index contributed by atoms with van der Waals surface area (Å²) in [5, 5.41) is 19.8. The van der Waals surface area contributed by atoms with Crippen LogP contribution in [0.25, 0.3) is 0 Å². The zero-order valence-electron chi connectivity index (χ0n) is 15.6. The molecule has 0 bridgehead atoms. The molecule has 0 radical (unpaired) electrons. The van der Waals surface area contributed by atoms with Crippen LogP contribution in [0.3, 0.4) is 0 Å². The van der Waals surface area contributed by atoms with Gasteiger partial charge in [-0.3, -0.25) is 0 Å². The van der Waals surface area contributed by atoms with Crippen molar-refractivity contribution in [1.82, 2.24) is 4.98 Å². The standard InChI is InChI=1S/C21H23N3O2S/c1-2-26-21(25)17(13-23)16-8-4-6-10-19(16)27-20-15(12-22)11-14-7-3-5-9-18(14)24-20/h11,19H,2-10H2,1H3. The molecule has 0 spiro atoms. The van der Waals surface area contributed by atoms with Gasteiger partial charge in [0.25, 0.3) is 0 Å². The average molecular weight is 382 g/mol. The number of pyridine rings is 1. The van der Waals surface area contributed by atoms with Crippen molar-refractivity contribution < 1.29 is 9.53 Å². The summed E-state index contributed by atoms with van der Waals surface area (Å²) in [5.41, 5.74) is 3.85. The van der Waals surface area contributed by atoms with Gasteiger partial charge in [0, 0.05) is 10.9 Å². The minimum Gasteiger partial charge on any atom is -0.462 e. The number of hydrogen-bond donors (Lipinski definition) is 0. The van der Waals surface area contributed by atoms with Crippen LogP contribution in [0.1, 0.15) is 62.3 Å². The predicted molar refractivity (Wildman–Crippen MR) is 103 cm³/mol. The van der Waals surface area contributed by atoms with Crippen molar-refractivity contribution in [2.45, 2.75) is 68.6 Å². The maximum Gasteiger partial charge on any atom is 0.348 e. The first-order valence-corrected chi connectivity index (χ1v) is 10.5. The van der Waals surface area contributed by atoms with Crippen LogP contribution in [-0.4, -0.2) is 22.8 Å². The minimum atomic E-state index is -0.540. The molecule has 1 unspecified atom stereocenters. The molecule has 3 rings (SSSR count). The van der Waals surface area contributed by atoms with Gasteiger partial charge in [-0.1, -0.05) is 18.2 Å². The van der Waals surface area contributed by atoms with Gasteiger partial charge in [0.2, 0.25) is 0 Å². The van der Waals surface area contributed by atoms with Crippen molar-refractivity contribution in [2.75, 3.05) is 6.61 Å². The molecule has 1 atom stereocenters. The zero-order valence-corrected chi connectivity index (χ0v) is 16.4. The number of nitriles is 2. The van der Waals surface area contributed by atoms with E-state index in [1.165, 1.54) is 17.3 Å². The van der Waals surface area contributed by atoms with Crippen LogP contribution in [0, 0.1) is 22.7 Å². The highest BCUT2D eigenvalue weighted by Gasteiger charge is 2.28. The van der Waals surface area contributed by atoms with Crippen molar-refractivity contribution >= 4 is 17.7 Å². The number of ether oxygens (including phenoxy) is 1. The van der Waals surface area contributed by atoms with E-state index in [1.807, 2.05) is 6.07 Å². The van der Waals surface area contributed by atoms with E-state index in [0.29, 0.717) is 12.0 Å². The molecule has 1 saturated carbocycles. The molecular formula is C21H23N3O2S. The van der Waals surface area contributed by atoms with E-state index in [4.69, 9.17) is 9.72 Å². The molecule has 6 heteroatoms. The Morgan fingerprint density at radius 3 is 2.78 bits per heavy atom. The van der Waals surface area contributed by atoms with Gasteiger partial charge in [-0.15, -0.1) is 0 Å². The molecule has 1 heterocycles. The number of aromatic nitrogens is 1. The second kappa shape index (κ2) is 9.06. The lowest BCUT2D eigenvalue weighted by molar-refractivity contribution is -0.138. The van der Waals surface area contributed by atoms with Gasteiger partial charge >= 0.3 is 5.97 Å². The Balaban J connectivity index is 1.94. The molecule has 0 amide bonds. The lowest BCUT2D eigenvalue weighted by Crippen LogP contribution is -2.19. The monoisotopic (exact) mass is 381 g/mol. The molecule has 27 heavy (non-hydrogen) atoms. The van der Waals surface area contributed by atoms with E-state index in [0.717, 1.165) is 61.2 Å². The van der Waals surface area contributed by atoms with E-state index in [-0.39, 0.29) is 17.4 Å². The first kappa shape index (κ1) is 19.5. The van der Waals surface area contributed by atoms with Crippen LogP contribution in [0.15, 0.2) is 22.2 Å². The molecule has 1 fully saturated rings. The summed E-state index contributed by atoms with van der Waals surface area (Å²) < 4.78 is 5.07. The van der Waals surface area contributed by atoms with Crippen LogP contribution in [0.2, 0.25) is 0 Å². The molecule has 5 nitrogen and oxygen atoms in total. The number of carbonyl (C=O) groups excluding carboxylic acids is 1. The Labute approximate surface area is 164 Å². The Morgan fingerprint density at radius 1 is 1.26 bits per heavy atom. The third-order valence-corrected chi connectivity index (χ3v) is 6.44. The fraction of sp³-hybridized carbons (Fsp3) is 0.524. The Hall–Kier alpha value is -2.31. The van der Waals surface area contributed by atoms with E-state index in [1.54, 1.807) is 6.92 Å². The minimum absolute atomic E-state index is 0.0148. The largest absolute Gasteiger partial charge is 0.462 e. The maximum atomic E-state index is 12.2. The molecule has 0 saturated heterocycles. The lowest BCUT2D eigenvalue weighted by atomic mass is 9.91. The summed E-state index contributed by atoms with van der Waals surface area (Å²) in [6.07, 6.45) is 7.79. The fourth-order valence-corrected chi connectivity index (χ4v) is 5.09. The van der Waals surface area contributed by atoms with Crippen LogP contribution in [0.4, 0.5) is 0 Å². The van der Waals surface area contributed by atoms with E-state index >= 15 is 0 Å². The molecular weight excluding hydrogens is 358 g/mol. The second-order valence-corrected chi connectivity index (χ2v) is 8.04. The Morgan fingerprint density at radius 2 is 2.04 bits per heavy atom. The molecule has 0 aliphatic heterocycles. The Bertz CT molecular complexity index is 848. The van der Waals surface area contributed by atoms with Gasteiger partial charge in [0.1, 0.15) is 22.7 Å². The van der Waals surface area contributed by atoms with Gasteiger partial charge in [-0.2, -0.15) is 10.5 Å². The van der Waals surface area contributed by atoms with Crippen molar-refractivity contribution in [1.29, 1.82) is 10.5 Å². The number of aryl methyl sites for hydroxylation is 2. The van der Waals surface area contributed by atoms with Crippen molar-refractivity contribution in [3.05, 3.63) is 34.0 Å². The summed E-state index contributed by atoms with van der Waals surface area (Å²) >= 11 is 1.53. The van der Waals surface area contributed by atoms with Crippen LogP contribution in [-0.2, 0) is 22.4 Å². The third-order valence-electron chi connectivity index (χ3n) is 5.10. The molecule has 0 aromatic carbocycles. The fourth-order valence-electron chi connectivity index (χ4n) is 3.77. The number of hydrogen-bond acceptors (Lipinski definition) is 6. The summed E-state index contributed by atoms with van der Waals surface area (Å²) in [4.78, 5) is 17.0. The zero-order chi connectivity index (χ0) is 19.2. The summed E-state index contributed by atoms with van der Waals surface area (Å²) in [6.45, 7) is 1.99. The quantitative estimate of drug-likeness (QED) is 0.440. The highest BCUT2D eigenvalue weighted by molar-refractivity contribution is 8.00. The highest BCUT2D eigenvalue weighted by atomic mass is 32.2. The molecule has 1 aromatic rings. The average Bonchev–Trinajstić information content (AvgIpc) is 2.69. The number of carbonyl (C=O) groups is 1. The van der Waals surface area contributed by atoms with Crippen molar-refractivity contribution in [3.63, 3.8) is 0 Å². The van der Waals surface area contributed by atoms with Gasteiger partial charge in [-0.25, -0.2) is 9.78 Å². The summed E-state index contributed by atoms with van der Waals surface area (Å²) in [5.74, 6) is -0.540. The number of esters is 1. The number of nitrogens with zero attached hydrogens (tertiary/aromatic N) is 3.